The maximum absolute atomic E-state index is 5.05. The van der Waals surface area contributed by atoms with Crippen molar-refractivity contribution in [2.75, 3.05) is 0 Å². The van der Waals surface area contributed by atoms with Crippen molar-refractivity contribution in [1.82, 2.24) is 18.8 Å². The van der Waals surface area contributed by atoms with E-state index in [0.29, 0.717) is 29.6 Å². The fraction of sp³-hybridized carbons (Fsp3) is 0.333. The van der Waals surface area contributed by atoms with Gasteiger partial charge in [0.25, 0.3) is 0 Å². The van der Waals surface area contributed by atoms with E-state index >= 15 is 0 Å². The first-order valence-electron chi connectivity index (χ1n) is 24.7. The molecule has 0 atom stereocenters. The van der Waals surface area contributed by atoms with Gasteiger partial charge in [-0.05, 0) is 105 Å². The van der Waals surface area contributed by atoms with Gasteiger partial charge in [0, 0.05) is 74.8 Å². The SMILES string of the molecule is CC(C)c1cc(C(C)C)c(-c2cnc3c4[c-]cccc4c4cc(CC(C)(C)C)ccc4n23)c(C(C)C)c1.Cc1ccc2c(c1)c1ccc[c-]c1c1ncc(-c3c(C(C)C)cccc3C(C)C)n21.[Ir].[Ir]. The first kappa shape index (κ1) is 51.9. The molecule has 4 heterocycles. The van der Waals surface area contributed by atoms with Crippen LogP contribution in [-0.4, -0.2) is 18.8 Å². The topological polar surface area (TPSA) is 34.6 Å². The van der Waals surface area contributed by atoms with Crippen LogP contribution in [0.2, 0.25) is 0 Å². The van der Waals surface area contributed by atoms with Gasteiger partial charge in [0.1, 0.15) is 0 Å². The van der Waals surface area contributed by atoms with Crippen LogP contribution in [0.25, 0.3) is 77.2 Å². The first-order valence-corrected chi connectivity index (χ1v) is 24.7. The minimum atomic E-state index is 0. The van der Waals surface area contributed by atoms with Crippen LogP contribution in [0.3, 0.4) is 0 Å². The van der Waals surface area contributed by atoms with E-state index in [1.165, 1.54) is 94.0 Å². The second kappa shape index (κ2) is 20.4. The molecule has 6 aromatic carbocycles. The van der Waals surface area contributed by atoms with Gasteiger partial charge in [0.15, 0.2) is 0 Å². The summed E-state index contributed by atoms with van der Waals surface area (Å²) in [6.45, 7) is 32.0. The van der Waals surface area contributed by atoms with E-state index in [4.69, 9.17) is 9.97 Å². The number of hydrogen-bond donors (Lipinski definition) is 0. The standard InChI is InChI=1S/C35H41N2.C28H27N2.2Ir/c1-21(2)25-17-28(22(3)4)33(29(18-25)23(5)6)32-20-36-34-27-13-11-10-12-26(27)30-16-24(19-35(7,8)9)14-15-31(30)37(32)34;1-17(2)20-11-8-12-21(18(3)4)27(20)26-16-29-28-23-10-7-6-9-22(23)24-15-19(5)13-14-25(24)30(26)28;;/h10-12,14-18,20-23H,19H2,1-9H3;6-9,11-18H,1-5H3;;/q2*-1;;. The van der Waals surface area contributed by atoms with E-state index < -0.39 is 0 Å². The van der Waals surface area contributed by atoms with Crippen molar-refractivity contribution in [1.29, 1.82) is 0 Å². The van der Waals surface area contributed by atoms with Crippen molar-refractivity contribution >= 4 is 54.6 Å². The first-order chi connectivity index (χ1) is 31.9. The van der Waals surface area contributed by atoms with Crippen molar-refractivity contribution in [3.05, 3.63) is 167 Å². The van der Waals surface area contributed by atoms with E-state index in [2.05, 4.69) is 221 Å². The number of pyridine rings is 2. The molecule has 0 fully saturated rings. The normalized spacial score (nSPS) is 12.1. The van der Waals surface area contributed by atoms with Crippen molar-refractivity contribution in [2.24, 2.45) is 5.41 Å². The molecule has 69 heavy (non-hydrogen) atoms. The van der Waals surface area contributed by atoms with E-state index in [0.717, 1.165) is 28.5 Å². The molecule has 10 aromatic rings. The fourth-order valence-electron chi connectivity index (χ4n) is 10.5. The van der Waals surface area contributed by atoms with Crippen molar-refractivity contribution in [2.45, 2.75) is 133 Å². The van der Waals surface area contributed by atoms with E-state index in [-0.39, 0.29) is 45.6 Å². The summed E-state index contributed by atoms with van der Waals surface area (Å²) in [4.78, 5) is 9.97. The van der Waals surface area contributed by atoms with Crippen LogP contribution in [0.4, 0.5) is 0 Å². The summed E-state index contributed by atoms with van der Waals surface area (Å²) in [6, 6.07) is 44.9. The molecule has 0 N–H and O–H groups in total. The average Bonchev–Trinajstić information content (AvgIpc) is 3.94. The summed E-state index contributed by atoms with van der Waals surface area (Å²) in [5.74, 6) is 2.18. The number of benzene rings is 6. The smallest absolute Gasteiger partial charge is 0.0639 e. The third-order valence-corrected chi connectivity index (χ3v) is 13.7. The zero-order chi connectivity index (χ0) is 47.6. The van der Waals surface area contributed by atoms with Crippen LogP contribution >= 0.6 is 0 Å². The second-order valence-electron chi connectivity index (χ2n) is 21.8. The van der Waals surface area contributed by atoms with Crippen LogP contribution < -0.4 is 0 Å². The third-order valence-electron chi connectivity index (χ3n) is 13.7. The monoisotopic (exact) mass is 1270 g/mol. The predicted octanol–water partition coefficient (Wildman–Crippen LogP) is 17.7. The summed E-state index contributed by atoms with van der Waals surface area (Å²) >= 11 is 0. The molecule has 4 aromatic heterocycles. The maximum Gasteiger partial charge on any atom is 0.0639 e. The summed E-state index contributed by atoms with van der Waals surface area (Å²) in [7, 11) is 0. The molecule has 0 aliphatic carbocycles. The minimum absolute atomic E-state index is 0. The van der Waals surface area contributed by atoms with Gasteiger partial charge in [-0.15, -0.1) is 59.3 Å². The maximum atomic E-state index is 5.05. The Kier molecular flexibility index (Phi) is 15.3. The van der Waals surface area contributed by atoms with E-state index in [1.807, 2.05) is 12.1 Å². The summed E-state index contributed by atoms with van der Waals surface area (Å²) in [5.41, 5.74) is 19.3. The molecular formula is C63H68Ir2N4-2. The van der Waals surface area contributed by atoms with Gasteiger partial charge < -0.3 is 8.80 Å². The minimum Gasteiger partial charge on any atom is -0.333 e. The zero-order valence-electron chi connectivity index (χ0n) is 43.0. The van der Waals surface area contributed by atoms with Crippen LogP contribution in [0, 0.1) is 24.5 Å². The molecule has 0 aliphatic heterocycles. The Hall–Kier alpha value is -4.96. The van der Waals surface area contributed by atoms with Crippen molar-refractivity contribution in [3.63, 3.8) is 0 Å². The molecule has 10 rings (SSSR count). The quantitative estimate of drug-likeness (QED) is 0.112. The summed E-state index contributed by atoms with van der Waals surface area (Å²) < 4.78 is 4.75. The Morgan fingerprint density at radius 1 is 0.493 bits per heavy atom. The molecule has 0 unspecified atom stereocenters. The molecule has 0 saturated carbocycles. The van der Waals surface area contributed by atoms with Crippen LogP contribution in [0.1, 0.15) is 159 Å². The van der Waals surface area contributed by atoms with E-state index in [1.54, 1.807) is 0 Å². The molecule has 0 bridgehead atoms. The number of aromatic nitrogens is 4. The van der Waals surface area contributed by atoms with Crippen molar-refractivity contribution < 1.29 is 40.2 Å². The number of aryl methyl sites for hydroxylation is 1. The Morgan fingerprint density at radius 3 is 1.39 bits per heavy atom. The Morgan fingerprint density at radius 2 is 0.942 bits per heavy atom. The van der Waals surface area contributed by atoms with Crippen LogP contribution in [0.5, 0.6) is 0 Å². The fourth-order valence-corrected chi connectivity index (χ4v) is 10.5. The summed E-state index contributed by atoms with van der Waals surface area (Å²) in [6.07, 6.45) is 5.20. The predicted molar refractivity (Wildman–Crippen MR) is 287 cm³/mol. The Labute approximate surface area is 438 Å². The van der Waals surface area contributed by atoms with Crippen molar-refractivity contribution in [3.8, 4) is 22.5 Å². The van der Waals surface area contributed by atoms with Gasteiger partial charge in [-0.2, -0.15) is 0 Å². The second-order valence-corrected chi connectivity index (χ2v) is 21.8. The molecule has 0 spiro atoms. The zero-order valence-corrected chi connectivity index (χ0v) is 47.8. The van der Waals surface area contributed by atoms with Gasteiger partial charge in [-0.1, -0.05) is 161 Å². The molecule has 0 aliphatic rings. The number of imidazole rings is 2. The number of rotatable bonds is 8. The molecular weight excluding hydrogens is 1200 g/mol. The molecule has 2 radical (unpaired) electrons. The summed E-state index contributed by atoms with van der Waals surface area (Å²) in [5, 5.41) is 7.13. The molecule has 4 nitrogen and oxygen atoms in total. The van der Waals surface area contributed by atoms with Crippen LogP contribution in [0.15, 0.2) is 116 Å². The van der Waals surface area contributed by atoms with Gasteiger partial charge in [0.05, 0.1) is 22.7 Å². The van der Waals surface area contributed by atoms with Gasteiger partial charge >= 0.3 is 0 Å². The molecule has 360 valence electrons. The van der Waals surface area contributed by atoms with Gasteiger partial charge in [0.2, 0.25) is 0 Å². The van der Waals surface area contributed by atoms with Gasteiger partial charge in [-0.3, -0.25) is 9.97 Å². The largest absolute Gasteiger partial charge is 0.333 e. The van der Waals surface area contributed by atoms with E-state index in [9.17, 15) is 0 Å². The molecule has 0 amide bonds. The number of hydrogen-bond acceptors (Lipinski definition) is 2. The molecule has 0 saturated heterocycles. The van der Waals surface area contributed by atoms with Crippen LogP contribution in [-0.2, 0) is 46.6 Å². The van der Waals surface area contributed by atoms with Gasteiger partial charge in [-0.25, -0.2) is 0 Å². The molecule has 6 heteroatoms. The number of fused-ring (bicyclic) bond motifs is 12. The Bertz CT molecular complexity index is 3430. The third kappa shape index (κ3) is 9.65. The Balaban J connectivity index is 0.000000202. The average molecular weight is 1270 g/mol. The number of nitrogens with zero attached hydrogens (tertiary/aromatic N) is 4.